The number of anilines is 2. The normalized spacial score (nSPS) is 17.3. The molecule has 1 unspecified atom stereocenters. The zero-order chi connectivity index (χ0) is 30.9. The molecule has 2 aliphatic rings. The van der Waals surface area contributed by atoms with E-state index in [0.717, 1.165) is 17.0 Å². The Hall–Kier alpha value is -5.03. The molecule has 0 bridgehead atoms. The molecule has 4 heterocycles. The van der Waals surface area contributed by atoms with E-state index in [1.54, 1.807) is 15.9 Å². The molecule has 3 aromatic rings. The van der Waals surface area contributed by atoms with E-state index in [2.05, 4.69) is 15.3 Å². The van der Waals surface area contributed by atoms with Gasteiger partial charge in [0.15, 0.2) is 17.3 Å². The summed E-state index contributed by atoms with van der Waals surface area (Å²) in [4.78, 5) is 60.0. The quantitative estimate of drug-likeness (QED) is 0.379. The number of hydrogen-bond donors (Lipinski definition) is 2. The lowest BCUT2D eigenvalue weighted by Gasteiger charge is -2.36. The van der Waals surface area contributed by atoms with Crippen LogP contribution in [0, 0.1) is 11.6 Å². The van der Waals surface area contributed by atoms with Crippen molar-refractivity contribution in [2.24, 2.45) is 0 Å². The number of carbonyl (C=O) groups excluding carboxylic acids is 4. The van der Waals surface area contributed by atoms with E-state index in [1.165, 1.54) is 28.4 Å². The maximum absolute atomic E-state index is 15.1. The second-order valence-corrected chi connectivity index (χ2v) is 9.60. The molecule has 2 aromatic heterocycles. The second-order valence-electron chi connectivity index (χ2n) is 9.60. The summed E-state index contributed by atoms with van der Waals surface area (Å²) in [5, 5.41) is 4.10. The molecule has 2 aliphatic heterocycles. The van der Waals surface area contributed by atoms with E-state index < -0.39 is 54.3 Å². The van der Waals surface area contributed by atoms with Gasteiger partial charge in [0.05, 0.1) is 31.5 Å². The van der Waals surface area contributed by atoms with Crippen molar-refractivity contribution in [3.8, 4) is 0 Å². The Morgan fingerprint density at radius 1 is 1.05 bits per heavy atom. The van der Waals surface area contributed by atoms with Crippen molar-refractivity contribution in [1.82, 2.24) is 29.9 Å². The van der Waals surface area contributed by atoms with Gasteiger partial charge in [-0.25, -0.2) is 18.6 Å². The molecule has 2 fully saturated rings. The summed E-state index contributed by atoms with van der Waals surface area (Å²) in [6.07, 6.45) is -1.22. The van der Waals surface area contributed by atoms with Crippen molar-refractivity contribution < 1.29 is 45.9 Å². The van der Waals surface area contributed by atoms with Crippen LogP contribution in [0.1, 0.15) is 10.5 Å². The summed E-state index contributed by atoms with van der Waals surface area (Å²) in [5.74, 6) is -5.18. The molecule has 2 saturated heterocycles. The number of halogens is 5. The van der Waals surface area contributed by atoms with Crippen LogP contribution in [0.4, 0.5) is 38.1 Å². The number of alkyl halides is 3. The summed E-state index contributed by atoms with van der Waals surface area (Å²) < 4.78 is 73.8. The van der Waals surface area contributed by atoms with Crippen LogP contribution in [0.15, 0.2) is 36.9 Å². The number of cyclic esters (lactones) is 1. The number of hydrogen-bond acceptors (Lipinski definition) is 8. The van der Waals surface area contributed by atoms with Crippen LogP contribution < -0.4 is 20.4 Å². The van der Waals surface area contributed by atoms with Gasteiger partial charge >= 0.3 is 18.2 Å². The largest absolute Gasteiger partial charge is 0.471 e. The lowest BCUT2D eigenvalue weighted by molar-refractivity contribution is -0.173. The van der Waals surface area contributed by atoms with Gasteiger partial charge in [-0.1, -0.05) is 0 Å². The number of fused-ring (bicyclic) bond motifs is 1. The van der Waals surface area contributed by atoms with E-state index in [1.807, 2.05) is 0 Å². The molecule has 0 aliphatic carbocycles. The predicted octanol–water partition coefficient (Wildman–Crippen LogP) is 1.09. The van der Waals surface area contributed by atoms with Crippen molar-refractivity contribution in [2.45, 2.75) is 12.3 Å². The van der Waals surface area contributed by atoms with Crippen LogP contribution in [0.2, 0.25) is 0 Å². The van der Waals surface area contributed by atoms with Crippen LogP contribution in [0.3, 0.4) is 0 Å². The molecule has 0 saturated carbocycles. The molecule has 1 atom stereocenters. The Kier molecular flexibility index (Phi) is 8.01. The van der Waals surface area contributed by atoms with E-state index in [0.29, 0.717) is 5.65 Å². The number of aromatic nitrogens is 3. The topological polar surface area (TPSA) is 141 Å². The molecular weight excluding hydrogens is 587 g/mol. The van der Waals surface area contributed by atoms with Crippen LogP contribution in [-0.2, 0) is 14.3 Å². The first-order chi connectivity index (χ1) is 20.4. The Bertz CT molecular complexity index is 1520. The van der Waals surface area contributed by atoms with Crippen molar-refractivity contribution in [2.75, 3.05) is 55.6 Å². The minimum absolute atomic E-state index is 0.0685. The highest BCUT2D eigenvalue weighted by Gasteiger charge is 2.40. The van der Waals surface area contributed by atoms with E-state index in [-0.39, 0.29) is 56.3 Å². The number of nitrogens with zero attached hydrogens (tertiary/aromatic N) is 6. The zero-order valence-corrected chi connectivity index (χ0v) is 22.1. The molecule has 0 radical (unpaired) electrons. The van der Waals surface area contributed by atoms with Crippen LogP contribution in [0.25, 0.3) is 5.65 Å². The Labute approximate surface area is 239 Å². The van der Waals surface area contributed by atoms with Crippen LogP contribution in [0.5, 0.6) is 0 Å². The molecule has 4 amide bonds. The number of rotatable bonds is 7. The van der Waals surface area contributed by atoms with Gasteiger partial charge in [-0.15, -0.1) is 0 Å². The van der Waals surface area contributed by atoms with Gasteiger partial charge in [-0.2, -0.15) is 13.2 Å². The SMILES string of the molecule is O=C(NCC(=O)N1CCN(c2c(F)cc(N3CC(CNC(=O)C(F)(F)F)OC3=O)cc2F)CC1)c1cn2ccncc2n1. The van der Waals surface area contributed by atoms with Crippen LogP contribution in [-0.4, -0.2) is 101 Å². The third-order valence-electron chi connectivity index (χ3n) is 6.78. The minimum Gasteiger partial charge on any atom is -0.442 e. The molecule has 13 nitrogen and oxygen atoms in total. The van der Waals surface area contributed by atoms with Crippen molar-refractivity contribution in [3.63, 3.8) is 0 Å². The van der Waals surface area contributed by atoms with Crippen molar-refractivity contribution >= 4 is 40.8 Å². The number of piperazine rings is 1. The highest BCUT2D eigenvalue weighted by Crippen LogP contribution is 2.31. The second kappa shape index (κ2) is 11.7. The highest BCUT2D eigenvalue weighted by atomic mass is 19.4. The van der Waals surface area contributed by atoms with Gasteiger partial charge in [0.2, 0.25) is 5.91 Å². The summed E-state index contributed by atoms with van der Waals surface area (Å²) in [6, 6.07) is 1.78. The summed E-state index contributed by atoms with van der Waals surface area (Å²) in [7, 11) is 0. The Morgan fingerprint density at radius 2 is 1.74 bits per heavy atom. The fourth-order valence-electron chi connectivity index (χ4n) is 4.65. The summed E-state index contributed by atoms with van der Waals surface area (Å²) >= 11 is 0. The van der Waals surface area contributed by atoms with Crippen molar-refractivity contribution in [1.29, 1.82) is 0 Å². The molecule has 0 spiro atoms. The zero-order valence-electron chi connectivity index (χ0n) is 22.1. The molecule has 43 heavy (non-hydrogen) atoms. The number of ether oxygens (including phenoxy) is 1. The smallest absolute Gasteiger partial charge is 0.442 e. The average molecular weight is 611 g/mol. The first-order valence-corrected chi connectivity index (χ1v) is 12.8. The first-order valence-electron chi connectivity index (χ1n) is 12.8. The molecule has 2 N–H and O–H groups in total. The lowest BCUT2D eigenvalue weighted by atomic mass is 10.2. The maximum Gasteiger partial charge on any atom is 0.471 e. The van der Waals surface area contributed by atoms with Gasteiger partial charge in [0.1, 0.15) is 17.5 Å². The maximum atomic E-state index is 15.1. The van der Waals surface area contributed by atoms with E-state index in [4.69, 9.17) is 4.74 Å². The fourth-order valence-corrected chi connectivity index (χ4v) is 4.65. The Morgan fingerprint density at radius 3 is 2.40 bits per heavy atom. The van der Waals surface area contributed by atoms with E-state index >= 15 is 8.78 Å². The van der Waals surface area contributed by atoms with Gasteiger partial charge in [0.25, 0.3) is 5.91 Å². The van der Waals surface area contributed by atoms with Crippen molar-refractivity contribution in [3.05, 3.63) is 54.2 Å². The average Bonchev–Trinajstić information content (AvgIpc) is 3.57. The molecule has 18 heteroatoms. The predicted molar refractivity (Wildman–Crippen MR) is 137 cm³/mol. The first kappa shape index (κ1) is 29.5. The minimum atomic E-state index is -5.12. The number of carbonyl (C=O) groups is 4. The molecule has 1 aromatic carbocycles. The summed E-state index contributed by atoms with van der Waals surface area (Å²) in [5.41, 5.74) is -0.0418. The third-order valence-corrected chi connectivity index (χ3v) is 6.78. The fraction of sp³-hybridized carbons (Fsp3) is 0.360. The summed E-state index contributed by atoms with van der Waals surface area (Å²) in [6.45, 7) is -0.943. The lowest BCUT2D eigenvalue weighted by Crippen LogP contribution is -2.51. The van der Waals surface area contributed by atoms with Gasteiger partial charge in [-0.3, -0.25) is 24.3 Å². The molecule has 5 rings (SSSR count). The van der Waals surface area contributed by atoms with Crippen LogP contribution >= 0.6 is 0 Å². The standard InChI is InChI=1S/C25H23F5N8O5/c26-16-7-14(38-12-15(43-24(38)42)9-33-23(41)25(28,29)30)8-17(27)21(16)36-5-3-35(4-6-36)20(39)11-32-22(40)18-13-37-2-1-31-10-19(37)34-18/h1-2,7-8,10,13,15H,3-6,9,11-12H2,(H,32,40)(H,33,41). The number of nitrogens with one attached hydrogen (secondary N) is 2. The van der Waals surface area contributed by atoms with E-state index in [9.17, 15) is 32.3 Å². The third kappa shape index (κ3) is 6.41. The number of imidazole rings is 1. The highest BCUT2D eigenvalue weighted by molar-refractivity contribution is 5.95. The van der Waals surface area contributed by atoms with Gasteiger partial charge < -0.3 is 29.6 Å². The molecular formula is C25H23F5N8O5. The number of amides is 4. The number of benzene rings is 1. The van der Waals surface area contributed by atoms with Gasteiger partial charge in [-0.05, 0) is 0 Å². The van der Waals surface area contributed by atoms with Gasteiger partial charge in [0, 0.05) is 56.9 Å². The monoisotopic (exact) mass is 610 g/mol. The molecule has 228 valence electrons. The Balaban J connectivity index is 1.14.